The Morgan fingerprint density at radius 3 is 2.38 bits per heavy atom. The van der Waals surface area contributed by atoms with Gasteiger partial charge in [-0.1, -0.05) is 12.1 Å². The van der Waals surface area contributed by atoms with Crippen LogP contribution in [0.3, 0.4) is 0 Å². The molecule has 0 amide bonds. The minimum Gasteiger partial charge on any atom is -0.497 e. The standard InChI is InChI=1S/C10H16N2O/c1-12-10(7-11)8-3-5-9(13-2)6-4-8/h3-6,10,12H,7,11H2,1-2H3. The molecule has 1 aromatic rings. The van der Waals surface area contributed by atoms with Crippen LogP contribution >= 0.6 is 0 Å². The van der Waals surface area contributed by atoms with E-state index in [0.717, 1.165) is 5.75 Å². The van der Waals surface area contributed by atoms with Gasteiger partial charge in [-0.3, -0.25) is 0 Å². The van der Waals surface area contributed by atoms with Crippen molar-refractivity contribution in [2.45, 2.75) is 6.04 Å². The molecule has 13 heavy (non-hydrogen) atoms. The highest BCUT2D eigenvalue weighted by molar-refractivity contribution is 5.29. The van der Waals surface area contributed by atoms with Crippen molar-refractivity contribution >= 4 is 0 Å². The van der Waals surface area contributed by atoms with Crippen molar-refractivity contribution in [1.29, 1.82) is 0 Å². The Bertz CT molecular complexity index is 242. The Morgan fingerprint density at radius 2 is 2.00 bits per heavy atom. The van der Waals surface area contributed by atoms with Gasteiger partial charge < -0.3 is 15.8 Å². The van der Waals surface area contributed by atoms with Crippen molar-refractivity contribution in [3.63, 3.8) is 0 Å². The van der Waals surface area contributed by atoms with Gasteiger partial charge in [0.05, 0.1) is 7.11 Å². The van der Waals surface area contributed by atoms with E-state index in [1.54, 1.807) is 7.11 Å². The molecule has 1 unspecified atom stereocenters. The zero-order valence-electron chi connectivity index (χ0n) is 8.08. The summed E-state index contributed by atoms with van der Waals surface area (Å²) >= 11 is 0. The monoisotopic (exact) mass is 180 g/mol. The van der Waals surface area contributed by atoms with Gasteiger partial charge in [0, 0.05) is 12.6 Å². The van der Waals surface area contributed by atoms with Crippen LogP contribution in [0.2, 0.25) is 0 Å². The summed E-state index contributed by atoms with van der Waals surface area (Å²) in [7, 11) is 3.56. The smallest absolute Gasteiger partial charge is 0.118 e. The summed E-state index contributed by atoms with van der Waals surface area (Å²) < 4.78 is 5.06. The number of nitrogens with two attached hydrogens (primary N) is 1. The molecular weight excluding hydrogens is 164 g/mol. The van der Waals surface area contributed by atoms with Gasteiger partial charge in [-0.15, -0.1) is 0 Å². The summed E-state index contributed by atoms with van der Waals surface area (Å²) in [6.45, 7) is 0.600. The van der Waals surface area contributed by atoms with Gasteiger partial charge in [-0.2, -0.15) is 0 Å². The van der Waals surface area contributed by atoms with Crippen LogP contribution in [-0.2, 0) is 0 Å². The molecule has 0 aliphatic carbocycles. The van der Waals surface area contributed by atoms with Gasteiger partial charge in [0.2, 0.25) is 0 Å². The Morgan fingerprint density at radius 1 is 1.38 bits per heavy atom. The normalized spacial score (nSPS) is 12.5. The molecule has 0 radical (unpaired) electrons. The third kappa shape index (κ3) is 2.44. The van der Waals surface area contributed by atoms with Gasteiger partial charge in [0.25, 0.3) is 0 Å². The molecule has 3 nitrogen and oxygen atoms in total. The van der Waals surface area contributed by atoms with Crippen molar-refractivity contribution in [1.82, 2.24) is 5.32 Å². The van der Waals surface area contributed by atoms with E-state index in [-0.39, 0.29) is 6.04 Å². The maximum absolute atomic E-state index is 5.59. The number of methoxy groups -OCH3 is 1. The first-order chi connectivity index (χ1) is 6.31. The Hall–Kier alpha value is -1.06. The molecule has 0 bridgehead atoms. The quantitative estimate of drug-likeness (QED) is 0.724. The highest BCUT2D eigenvalue weighted by Gasteiger charge is 2.05. The highest BCUT2D eigenvalue weighted by Crippen LogP contribution is 2.16. The maximum atomic E-state index is 5.59. The predicted octanol–water partition coefficient (Wildman–Crippen LogP) is 0.914. The molecule has 0 saturated heterocycles. The minimum atomic E-state index is 0.228. The van der Waals surface area contributed by atoms with Gasteiger partial charge in [-0.25, -0.2) is 0 Å². The lowest BCUT2D eigenvalue weighted by molar-refractivity contribution is 0.414. The van der Waals surface area contributed by atoms with E-state index < -0.39 is 0 Å². The Balaban J connectivity index is 2.78. The number of ether oxygens (including phenoxy) is 1. The van der Waals surface area contributed by atoms with E-state index in [4.69, 9.17) is 10.5 Å². The average molecular weight is 180 g/mol. The summed E-state index contributed by atoms with van der Waals surface area (Å²) in [4.78, 5) is 0. The lowest BCUT2D eigenvalue weighted by Gasteiger charge is -2.14. The molecule has 3 N–H and O–H groups in total. The second-order valence-electron chi connectivity index (χ2n) is 2.85. The van der Waals surface area contributed by atoms with Crippen molar-refractivity contribution in [3.05, 3.63) is 29.8 Å². The second kappa shape index (κ2) is 4.84. The van der Waals surface area contributed by atoms with E-state index in [0.29, 0.717) is 6.54 Å². The van der Waals surface area contributed by atoms with Crippen LogP contribution in [0.15, 0.2) is 24.3 Å². The highest BCUT2D eigenvalue weighted by atomic mass is 16.5. The van der Waals surface area contributed by atoms with Crippen LogP contribution in [0.25, 0.3) is 0 Å². The Kier molecular flexibility index (Phi) is 3.73. The molecule has 1 rings (SSSR count). The lowest BCUT2D eigenvalue weighted by Crippen LogP contribution is -2.24. The fraction of sp³-hybridized carbons (Fsp3) is 0.400. The van der Waals surface area contributed by atoms with Gasteiger partial charge in [-0.05, 0) is 24.7 Å². The topological polar surface area (TPSA) is 47.3 Å². The molecule has 3 heteroatoms. The van der Waals surface area contributed by atoms with Crippen LogP contribution in [-0.4, -0.2) is 20.7 Å². The van der Waals surface area contributed by atoms with E-state index in [2.05, 4.69) is 5.32 Å². The third-order valence-electron chi connectivity index (χ3n) is 2.10. The summed E-state index contributed by atoms with van der Waals surface area (Å²) in [5, 5.41) is 3.14. The van der Waals surface area contributed by atoms with Crippen molar-refractivity contribution in [2.24, 2.45) is 5.73 Å². The van der Waals surface area contributed by atoms with E-state index in [1.165, 1.54) is 5.56 Å². The van der Waals surface area contributed by atoms with E-state index >= 15 is 0 Å². The summed E-state index contributed by atoms with van der Waals surface area (Å²) in [5.74, 6) is 0.871. The van der Waals surface area contributed by atoms with Crippen LogP contribution in [0.1, 0.15) is 11.6 Å². The summed E-state index contributed by atoms with van der Waals surface area (Å²) in [6.07, 6.45) is 0. The number of benzene rings is 1. The van der Waals surface area contributed by atoms with Gasteiger partial charge >= 0.3 is 0 Å². The molecule has 0 aromatic heterocycles. The average Bonchev–Trinajstić information content (AvgIpc) is 2.21. The molecule has 72 valence electrons. The van der Waals surface area contributed by atoms with Crippen LogP contribution in [0.4, 0.5) is 0 Å². The van der Waals surface area contributed by atoms with Gasteiger partial charge in [0.15, 0.2) is 0 Å². The number of rotatable bonds is 4. The Labute approximate surface area is 78.9 Å². The SMILES string of the molecule is CNC(CN)c1ccc(OC)cc1. The largest absolute Gasteiger partial charge is 0.497 e. The van der Waals surface area contributed by atoms with E-state index in [1.807, 2.05) is 31.3 Å². The third-order valence-corrected chi connectivity index (χ3v) is 2.10. The minimum absolute atomic E-state index is 0.228. The molecule has 0 aliphatic rings. The number of hydrogen-bond donors (Lipinski definition) is 2. The van der Waals surface area contributed by atoms with E-state index in [9.17, 15) is 0 Å². The molecule has 0 heterocycles. The zero-order chi connectivity index (χ0) is 9.68. The molecular formula is C10H16N2O. The first-order valence-electron chi connectivity index (χ1n) is 4.33. The molecule has 0 aliphatic heterocycles. The zero-order valence-corrected chi connectivity index (χ0v) is 8.08. The second-order valence-corrected chi connectivity index (χ2v) is 2.85. The molecule has 0 spiro atoms. The fourth-order valence-electron chi connectivity index (χ4n) is 1.26. The van der Waals surface area contributed by atoms with Crippen molar-refractivity contribution in [2.75, 3.05) is 20.7 Å². The molecule has 1 aromatic carbocycles. The first-order valence-corrected chi connectivity index (χ1v) is 4.33. The molecule has 0 fully saturated rings. The number of likely N-dealkylation sites (N-methyl/N-ethyl adjacent to an activating group) is 1. The predicted molar refractivity (Wildman–Crippen MR) is 53.8 cm³/mol. The van der Waals surface area contributed by atoms with Crippen LogP contribution < -0.4 is 15.8 Å². The van der Waals surface area contributed by atoms with Crippen LogP contribution in [0, 0.1) is 0 Å². The number of nitrogens with one attached hydrogen (secondary N) is 1. The fourth-order valence-corrected chi connectivity index (χ4v) is 1.26. The van der Waals surface area contributed by atoms with Crippen LogP contribution in [0.5, 0.6) is 5.75 Å². The first kappa shape index (κ1) is 10.0. The lowest BCUT2D eigenvalue weighted by atomic mass is 10.1. The van der Waals surface area contributed by atoms with Crippen molar-refractivity contribution < 1.29 is 4.74 Å². The van der Waals surface area contributed by atoms with Crippen molar-refractivity contribution in [3.8, 4) is 5.75 Å². The summed E-state index contributed by atoms with van der Waals surface area (Å²) in [6, 6.07) is 8.15. The summed E-state index contributed by atoms with van der Waals surface area (Å²) in [5.41, 5.74) is 6.78. The van der Waals surface area contributed by atoms with Gasteiger partial charge in [0.1, 0.15) is 5.75 Å². The molecule has 0 saturated carbocycles. The number of hydrogen-bond acceptors (Lipinski definition) is 3. The molecule has 1 atom stereocenters. The maximum Gasteiger partial charge on any atom is 0.118 e.